The number of benzene rings is 2. The van der Waals surface area contributed by atoms with Crippen LogP contribution in [0.2, 0.25) is 0 Å². The van der Waals surface area contributed by atoms with E-state index >= 15 is 0 Å². The normalized spacial score (nSPS) is 11.2. The monoisotopic (exact) mass is 388 g/mol. The summed E-state index contributed by atoms with van der Waals surface area (Å²) in [5.41, 5.74) is -0.663. The number of rotatable bonds is 4. The lowest BCUT2D eigenvalue weighted by Crippen LogP contribution is -2.10. The van der Waals surface area contributed by atoms with Gasteiger partial charge in [0.1, 0.15) is 16.9 Å². The fourth-order valence-corrected chi connectivity index (χ4v) is 3.47. The van der Waals surface area contributed by atoms with Crippen LogP contribution < -0.4 is 0 Å². The Kier molecular flexibility index (Phi) is 5.47. The summed E-state index contributed by atoms with van der Waals surface area (Å²) in [6.07, 6.45) is -4.70. The van der Waals surface area contributed by atoms with Gasteiger partial charge in [0, 0.05) is 11.3 Å². The first kappa shape index (κ1) is 18.9. The first-order valence-corrected chi connectivity index (χ1v) is 8.82. The van der Waals surface area contributed by atoms with Gasteiger partial charge < -0.3 is 0 Å². The predicted molar refractivity (Wildman–Crippen MR) is 95.4 cm³/mol. The maximum absolute atomic E-state index is 13.8. The second kappa shape index (κ2) is 7.80. The van der Waals surface area contributed by atoms with Crippen LogP contribution >= 0.6 is 11.8 Å². The molecule has 0 N–H and O–H groups in total. The Balaban J connectivity index is 2.08. The predicted octanol–water partition coefficient (Wildman–Crippen LogP) is 6.07. The van der Waals surface area contributed by atoms with Gasteiger partial charge in [-0.05, 0) is 17.7 Å². The Morgan fingerprint density at radius 2 is 1.67 bits per heavy atom. The van der Waals surface area contributed by atoms with Crippen molar-refractivity contribution in [1.82, 2.24) is 4.98 Å². The maximum Gasteiger partial charge on any atom is 0.417 e. The standard InChI is InChI=1S/C20H12F4N2S/c21-17-9-5-4-8-14(17)12-27-19-15(11-25)16(20(22,23)24)10-18(26-19)13-6-2-1-3-7-13/h1-10H,12H2. The Labute approximate surface area is 157 Å². The van der Waals surface area contributed by atoms with E-state index in [1.807, 2.05) is 0 Å². The van der Waals surface area contributed by atoms with Gasteiger partial charge >= 0.3 is 6.18 Å². The lowest BCUT2D eigenvalue weighted by molar-refractivity contribution is -0.138. The molecule has 7 heteroatoms. The van der Waals surface area contributed by atoms with Crippen molar-refractivity contribution in [1.29, 1.82) is 5.26 Å². The molecule has 3 aromatic rings. The topological polar surface area (TPSA) is 36.7 Å². The molecule has 0 aliphatic carbocycles. The number of aromatic nitrogens is 1. The van der Waals surface area contributed by atoms with E-state index in [2.05, 4.69) is 4.98 Å². The van der Waals surface area contributed by atoms with Crippen LogP contribution in [0.4, 0.5) is 17.6 Å². The summed E-state index contributed by atoms with van der Waals surface area (Å²) in [4.78, 5) is 4.25. The van der Waals surface area contributed by atoms with E-state index in [1.165, 1.54) is 12.1 Å². The molecule has 0 amide bonds. The minimum Gasteiger partial charge on any atom is -0.240 e. The van der Waals surface area contributed by atoms with Crippen molar-refractivity contribution in [3.63, 3.8) is 0 Å². The van der Waals surface area contributed by atoms with Crippen LogP contribution in [0.15, 0.2) is 65.7 Å². The molecule has 0 bridgehead atoms. The minimum atomic E-state index is -4.70. The van der Waals surface area contributed by atoms with Gasteiger partial charge in [-0.3, -0.25) is 0 Å². The molecular weight excluding hydrogens is 376 g/mol. The molecule has 1 aromatic heterocycles. The van der Waals surface area contributed by atoms with Crippen molar-refractivity contribution >= 4 is 11.8 Å². The highest BCUT2D eigenvalue weighted by atomic mass is 32.2. The van der Waals surface area contributed by atoms with Gasteiger partial charge in [0.2, 0.25) is 0 Å². The van der Waals surface area contributed by atoms with Gasteiger partial charge in [0.25, 0.3) is 0 Å². The average Bonchev–Trinajstić information content (AvgIpc) is 2.66. The molecule has 0 spiro atoms. The highest BCUT2D eigenvalue weighted by molar-refractivity contribution is 7.98. The number of nitrogens with zero attached hydrogens (tertiary/aromatic N) is 2. The summed E-state index contributed by atoms with van der Waals surface area (Å²) in [5.74, 6) is -0.400. The molecule has 0 aliphatic rings. The number of hydrogen-bond acceptors (Lipinski definition) is 3. The zero-order valence-electron chi connectivity index (χ0n) is 13.8. The first-order valence-electron chi connectivity index (χ1n) is 7.84. The number of alkyl halides is 3. The van der Waals surface area contributed by atoms with Crippen molar-refractivity contribution in [2.24, 2.45) is 0 Å². The lowest BCUT2D eigenvalue weighted by Gasteiger charge is -2.14. The van der Waals surface area contributed by atoms with E-state index in [4.69, 9.17) is 0 Å². The number of nitriles is 1. The third kappa shape index (κ3) is 4.29. The number of hydrogen-bond donors (Lipinski definition) is 0. The van der Waals surface area contributed by atoms with E-state index < -0.39 is 23.1 Å². The number of thioether (sulfide) groups is 1. The summed E-state index contributed by atoms with van der Waals surface area (Å²) in [7, 11) is 0. The molecule has 0 aliphatic heterocycles. The van der Waals surface area contributed by atoms with Crippen molar-refractivity contribution in [2.75, 3.05) is 0 Å². The molecular formula is C20H12F4N2S. The SMILES string of the molecule is N#Cc1c(C(F)(F)F)cc(-c2ccccc2)nc1SCc1ccccc1F. The van der Waals surface area contributed by atoms with Gasteiger partial charge in [-0.25, -0.2) is 9.37 Å². The molecule has 27 heavy (non-hydrogen) atoms. The second-order valence-corrected chi connectivity index (χ2v) is 6.55. The van der Waals surface area contributed by atoms with E-state index in [1.54, 1.807) is 48.5 Å². The van der Waals surface area contributed by atoms with Crippen LogP contribution in [0.25, 0.3) is 11.3 Å². The van der Waals surface area contributed by atoms with Crippen LogP contribution in [0.3, 0.4) is 0 Å². The first-order chi connectivity index (χ1) is 12.9. The third-order valence-corrected chi connectivity index (χ3v) is 4.82. The average molecular weight is 388 g/mol. The maximum atomic E-state index is 13.8. The Bertz CT molecular complexity index is 995. The largest absolute Gasteiger partial charge is 0.417 e. The fourth-order valence-electron chi connectivity index (χ4n) is 2.48. The molecule has 2 nitrogen and oxygen atoms in total. The summed E-state index contributed by atoms with van der Waals surface area (Å²) in [5, 5.41) is 9.22. The minimum absolute atomic E-state index is 0.0594. The second-order valence-electron chi connectivity index (χ2n) is 5.59. The molecule has 136 valence electrons. The van der Waals surface area contributed by atoms with Crippen molar-refractivity contribution < 1.29 is 17.6 Å². The molecule has 1 heterocycles. The smallest absolute Gasteiger partial charge is 0.240 e. The quantitative estimate of drug-likeness (QED) is 0.402. The van der Waals surface area contributed by atoms with Crippen LogP contribution in [-0.4, -0.2) is 4.98 Å². The van der Waals surface area contributed by atoms with Crippen LogP contribution in [0.5, 0.6) is 0 Å². The fraction of sp³-hybridized carbons (Fsp3) is 0.100. The lowest BCUT2D eigenvalue weighted by atomic mass is 10.1. The van der Waals surface area contributed by atoms with E-state index in [9.17, 15) is 22.8 Å². The zero-order valence-corrected chi connectivity index (χ0v) is 14.6. The molecule has 2 aromatic carbocycles. The highest BCUT2D eigenvalue weighted by Crippen LogP contribution is 2.38. The molecule has 0 fully saturated rings. The van der Waals surface area contributed by atoms with E-state index in [0.717, 1.165) is 17.8 Å². The summed E-state index contributed by atoms with van der Waals surface area (Å²) in [6, 6.07) is 16.9. The summed E-state index contributed by atoms with van der Waals surface area (Å²) in [6.45, 7) is 0. The molecule has 3 rings (SSSR count). The Morgan fingerprint density at radius 3 is 2.30 bits per heavy atom. The Hall–Kier alpha value is -2.85. The van der Waals surface area contributed by atoms with Gasteiger partial charge in [-0.2, -0.15) is 18.4 Å². The van der Waals surface area contributed by atoms with Crippen LogP contribution in [0, 0.1) is 17.1 Å². The van der Waals surface area contributed by atoms with Gasteiger partial charge in [-0.15, -0.1) is 11.8 Å². The molecule has 0 unspecified atom stereocenters. The van der Waals surface area contributed by atoms with Gasteiger partial charge in [0.05, 0.1) is 16.8 Å². The van der Waals surface area contributed by atoms with Gasteiger partial charge in [-0.1, -0.05) is 48.5 Å². The third-order valence-electron chi connectivity index (χ3n) is 3.80. The van der Waals surface area contributed by atoms with Crippen molar-refractivity contribution in [3.05, 3.63) is 83.2 Å². The van der Waals surface area contributed by atoms with Crippen LogP contribution in [0.1, 0.15) is 16.7 Å². The molecule has 0 atom stereocenters. The van der Waals surface area contributed by atoms with Crippen molar-refractivity contribution in [2.45, 2.75) is 17.0 Å². The summed E-state index contributed by atoms with van der Waals surface area (Å²) >= 11 is 0.904. The highest BCUT2D eigenvalue weighted by Gasteiger charge is 2.36. The Morgan fingerprint density at radius 1 is 1.00 bits per heavy atom. The molecule has 0 saturated carbocycles. The number of halogens is 4. The van der Waals surface area contributed by atoms with Gasteiger partial charge in [0.15, 0.2) is 0 Å². The summed E-state index contributed by atoms with van der Waals surface area (Å²) < 4.78 is 54.3. The molecule has 0 saturated heterocycles. The number of pyridine rings is 1. The van der Waals surface area contributed by atoms with E-state index in [0.29, 0.717) is 11.1 Å². The molecule has 0 radical (unpaired) electrons. The van der Waals surface area contributed by atoms with Crippen molar-refractivity contribution in [3.8, 4) is 17.3 Å². The van der Waals surface area contributed by atoms with E-state index in [-0.39, 0.29) is 16.5 Å². The zero-order chi connectivity index (χ0) is 19.4. The van der Waals surface area contributed by atoms with Crippen LogP contribution in [-0.2, 0) is 11.9 Å².